The summed E-state index contributed by atoms with van der Waals surface area (Å²) in [5.41, 5.74) is 0.109. The van der Waals surface area contributed by atoms with Crippen LogP contribution in [0.25, 0.3) is 10.2 Å². The summed E-state index contributed by atoms with van der Waals surface area (Å²) in [6.45, 7) is 2.73. The van der Waals surface area contributed by atoms with Crippen LogP contribution in [0.1, 0.15) is 6.92 Å². The molecular weight excluding hydrogens is 382 g/mol. The van der Waals surface area contributed by atoms with Gasteiger partial charge < -0.3 is 9.30 Å². The Morgan fingerprint density at radius 3 is 2.62 bits per heavy atom. The lowest BCUT2D eigenvalue weighted by atomic mass is 10.3. The molecule has 1 heterocycles. The topological polar surface area (TPSA) is 60.7 Å². The Labute approximate surface area is 153 Å². The Morgan fingerprint density at radius 2 is 1.92 bits per heavy atom. The average Bonchev–Trinajstić information content (AvgIpc) is 2.92. The fourth-order valence-electron chi connectivity index (χ4n) is 2.45. The van der Waals surface area contributed by atoms with E-state index in [0.717, 1.165) is 23.5 Å². The number of aromatic nitrogens is 1. The fourth-order valence-corrected chi connectivity index (χ4v) is 4.77. The molecule has 0 saturated carbocycles. The molecule has 26 heavy (non-hydrogen) atoms. The van der Waals surface area contributed by atoms with Gasteiger partial charge in [0.15, 0.2) is 5.82 Å². The third-order valence-electron chi connectivity index (χ3n) is 3.60. The number of benzene rings is 2. The molecule has 0 amide bonds. The van der Waals surface area contributed by atoms with E-state index in [-0.39, 0.29) is 33.1 Å². The van der Waals surface area contributed by atoms with E-state index in [4.69, 9.17) is 4.74 Å². The first-order valence-electron chi connectivity index (χ1n) is 7.84. The summed E-state index contributed by atoms with van der Waals surface area (Å²) in [5, 5.41) is 0. The number of nitrogens with zero attached hydrogens (tertiary/aromatic N) is 2. The smallest absolute Gasteiger partial charge is 0.285 e. The Bertz CT molecular complexity index is 1090. The molecule has 0 spiro atoms. The van der Waals surface area contributed by atoms with Crippen molar-refractivity contribution in [2.45, 2.75) is 18.4 Å². The molecule has 1 aromatic heterocycles. The van der Waals surface area contributed by atoms with Crippen LogP contribution < -0.4 is 4.80 Å². The lowest BCUT2D eigenvalue weighted by Gasteiger charge is -2.06. The molecule has 0 unspecified atom stereocenters. The Balaban J connectivity index is 2.21. The minimum atomic E-state index is -3.98. The highest BCUT2D eigenvalue weighted by Gasteiger charge is 2.17. The zero-order chi connectivity index (χ0) is 18.7. The molecule has 0 bridgehead atoms. The van der Waals surface area contributed by atoms with Gasteiger partial charge in [0, 0.05) is 19.2 Å². The van der Waals surface area contributed by atoms with Crippen molar-refractivity contribution in [3.63, 3.8) is 0 Å². The van der Waals surface area contributed by atoms with E-state index >= 15 is 0 Å². The van der Waals surface area contributed by atoms with Crippen molar-refractivity contribution in [3.05, 3.63) is 58.9 Å². The molecule has 0 radical (unpaired) electrons. The van der Waals surface area contributed by atoms with Crippen molar-refractivity contribution in [3.8, 4) is 0 Å². The van der Waals surface area contributed by atoms with E-state index in [1.807, 2.05) is 6.92 Å². The standard InChI is InChI=1S/C17H16F2N2O3S2/c1-2-24-9-8-21-16-14(19)10-12(18)11-15(16)25-17(21)20-26(22,23)13-6-4-3-5-7-13/h3-7,10-11H,2,8-9H2,1H3. The molecule has 5 nitrogen and oxygen atoms in total. The first-order chi connectivity index (χ1) is 12.4. The van der Waals surface area contributed by atoms with Crippen molar-refractivity contribution >= 4 is 31.6 Å². The molecule has 0 aliphatic heterocycles. The molecule has 3 aromatic rings. The van der Waals surface area contributed by atoms with Crippen molar-refractivity contribution < 1.29 is 21.9 Å². The highest BCUT2D eigenvalue weighted by molar-refractivity contribution is 7.90. The zero-order valence-corrected chi connectivity index (χ0v) is 15.5. The molecule has 0 saturated heterocycles. The second kappa shape index (κ2) is 7.65. The second-order valence-electron chi connectivity index (χ2n) is 5.35. The van der Waals surface area contributed by atoms with E-state index in [0.29, 0.717) is 6.61 Å². The summed E-state index contributed by atoms with van der Waals surface area (Å²) < 4.78 is 63.7. The number of hydrogen-bond acceptors (Lipinski definition) is 4. The number of thiazole rings is 1. The van der Waals surface area contributed by atoms with Crippen LogP contribution in [0.15, 0.2) is 51.8 Å². The van der Waals surface area contributed by atoms with Gasteiger partial charge in [-0.2, -0.15) is 8.42 Å². The molecule has 0 aliphatic rings. The fraction of sp³-hybridized carbons (Fsp3) is 0.235. The number of fused-ring (bicyclic) bond motifs is 1. The predicted octanol–water partition coefficient (Wildman–Crippen LogP) is 3.31. The van der Waals surface area contributed by atoms with Crippen LogP contribution in [0.5, 0.6) is 0 Å². The number of ether oxygens (including phenoxy) is 1. The minimum Gasteiger partial charge on any atom is -0.380 e. The lowest BCUT2D eigenvalue weighted by Crippen LogP contribution is -2.20. The molecule has 0 aliphatic carbocycles. The van der Waals surface area contributed by atoms with Gasteiger partial charge in [-0.3, -0.25) is 0 Å². The highest BCUT2D eigenvalue weighted by Crippen LogP contribution is 2.23. The second-order valence-corrected chi connectivity index (χ2v) is 7.96. The highest BCUT2D eigenvalue weighted by atomic mass is 32.2. The quantitative estimate of drug-likeness (QED) is 0.599. The van der Waals surface area contributed by atoms with Crippen molar-refractivity contribution in [1.82, 2.24) is 4.57 Å². The Morgan fingerprint density at radius 1 is 1.19 bits per heavy atom. The van der Waals surface area contributed by atoms with E-state index in [2.05, 4.69) is 4.40 Å². The number of hydrogen-bond donors (Lipinski definition) is 0. The van der Waals surface area contributed by atoms with E-state index in [1.54, 1.807) is 18.2 Å². The molecule has 0 atom stereocenters. The molecule has 9 heteroatoms. The first kappa shape index (κ1) is 18.7. The van der Waals surface area contributed by atoms with Crippen molar-refractivity contribution in [2.75, 3.05) is 13.2 Å². The van der Waals surface area contributed by atoms with Crippen LogP contribution in [0.4, 0.5) is 8.78 Å². The third kappa shape index (κ3) is 3.84. The van der Waals surface area contributed by atoms with E-state index in [1.165, 1.54) is 16.7 Å². The van der Waals surface area contributed by atoms with E-state index < -0.39 is 21.7 Å². The number of halogens is 2. The van der Waals surface area contributed by atoms with Gasteiger partial charge in [0.05, 0.1) is 21.7 Å². The molecular formula is C17H16F2N2O3S2. The molecule has 0 N–H and O–H groups in total. The summed E-state index contributed by atoms with van der Waals surface area (Å²) in [6, 6.07) is 9.65. The Hall–Kier alpha value is -2.10. The van der Waals surface area contributed by atoms with Gasteiger partial charge in [0.2, 0.25) is 4.80 Å². The first-order valence-corrected chi connectivity index (χ1v) is 10.1. The van der Waals surface area contributed by atoms with E-state index in [9.17, 15) is 17.2 Å². The molecule has 138 valence electrons. The average molecular weight is 398 g/mol. The lowest BCUT2D eigenvalue weighted by molar-refractivity contribution is 0.139. The SMILES string of the molecule is CCOCCn1c(=NS(=O)(=O)c2ccccc2)sc2cc(F)cc(F)c21. The normalized spacial score (nSPS) is 12.8. The summed E-state index contributed by atoms with van der Waals surface area (Å²) in [6.07, 6.45) is 0. The van der Waals surface area contributed by atoms with Crippen LogP contribution in [-0.2, 0) is 21.3 Å². The summed E-state index contributed by atoms with van der Waals surface area (Å²) in [7, 11) is -3.98. The van der Waals surface area contributed by atoms with Crippen LogP contribution in [0, 0.1) is 11.6 Å². The molecule has 2 aromatic carbocycles. The van der Waals surface area contributed by atoms with Crippen LogP contribution in [0.2, 0.25) is 0 Å². The monoisotopic (exact) mass is 398 g/mol. The van der Waals surface area contributed by atoms with Gasteiger partial charge >= 0.3 is 0 Å². The van der Waals surface area contributed by atoms with Crippen molar-refractivity contribution in [1.29, 1.82) is 0 Å². The number of rotatable bonds is 6. The molecule has 0 fully saturated rings. The van der Waals surface area contributed by atoms with Crippen LogP contribution in [-0.4, -0.2) is 26.2 Å². The minimum absolute atomic E-state index is 0.0282. The van der Waals surface area contributed by atoms with Gasteiger partial charge in [-0.05, 0) is 25.1 Å². The largest absolute Gasteiger partial charge is 0.380 e. The zero-order valence-electron chi connectivity index (χ0n) is 13.9. The Kier molecular flexibility index (Phi) is 5.49. The summed E-state index contributed by atoms with van der Waals surface area (Å²) in [4.78, 5) is 0.0912. The van der Waals surface area contributed by atoms with Crippen molar-refractivity contribution in [2.24, 2.45) is 4.40 Å². The van der Waals surface area contributed by atoms with Gasteiger partial charge in [-0.1, -0.05) is 29.5 Å². The number of sulfonamides is 1. The maximum absolute atomic E-state index is 14.3. The maximum atomic E-state index is 14.3. The molecule has 3 rings (SSSR count). The van der Waals surface area contributed by atoms with Crippen LogP contribution >= 0.6 is 11.3 Å². The predicted molar refractivity (Wildman–Crippen MR) is 95.4 cm³/mol. The van der Waals surface area contributed by atoms with Gasteiger partial charge in [-0.25, -0.2) is 8.78 Å². The van der Waals surface area contributed by atoms with Crippen LogP contribution in [0.3, 0.4) is 0 Å². The summed E-state index contributed by atoms with van der Waals surface area (Å²) >= 11 is 0.913. The third-order valence-corrected chi connectivity index (χ3v) is 6.02. The van der Waals surface area contributed by atoms with Gasteiger partial charge in [-0.15, -0.1) is 4.40 Å². The maximum Gasteiger partial charge on any atom is 0.285 e. The summed E-state index contributed by atoms with van der Waals surface area (Å²) in [5.74, 6) is -1.50. The van der Waals surface area contributed by atoms with Gasteiger partial charge in [0.25, 0.3) is 10.0 Å². The van der Waals surface area contributed by atoms with Gasteiger partial charge in [0.1, 0.15) is 5.82 Å².